The van der Waals surface area contributed by atoms with E-state index < -0.39 is 23.5 Å². The van der Waals surface area contributed by atoms with E-state index in [2.05, 4.69) is 15.4 Å². The third-order valence-corrected chi connectivity index (χ3v) is 3.62. The summed E-state index contributed by atoms with van der Waals surface area (Å²) in [4.78, 5) is 28.5. The maximum absolute atomic E-state index is 13.2. The molecule has 0 saturated carbocycles. The van der Waals surface area contributed by atoms with Crippen molar-refractivity contribution in [3.05, 3.63) is 77.1 Å². The highest BCUT2D eigenvalue weighted by Gasteiger charge is 2.18. The van der Waals surface area contributed by atoms with Crippen LogP contribution in [0.2, 0.25) is 0 Å². The third-order valence-electron chi connectivity index (χ3n) is 3.62. The molecule has 0 aliphatic carbocycles. The van der Waals surface area contributed by atoms with Gasteiger partial charge in [-0.05, 0) is 25.1 Å². The van der Waals surface area contributed by atoms with Gasteiger partial charge in [0, 0.05) is 11.3 Å². The largest absolute Gasteiger partial charge is 0.365 e. The summed E-state index contributed by atoms with van der Waals surface area (Å²) >= 11 is 0. The number of aromatic nitrogens is 3. The number of carbonyl (C=O) groups is 1. The Morgan fingerprint density at radius 2 is 1.92 bits per heavy atom. The van der Waals surface area contributed by atoms with Crippen molar-refractivity contribution in [1.29, 1.82) is 0 Å². The van der Waals surface area contributed by atoms with Crippen LogP contribution in [0, 0.1) is 5.82 Å². The van der Waals surface area contributed by atoms with Gasteiger partial charge in [-0.1, -0.05) is 36.4 Å². The van der Waals surface area contributed by atoms with Crippen molar-refractivity contribution in [3.8, 4) is 11.3 Å². The van der Waals surface area contributed by atoms with E-state index in [1.54, 1.807) is 6.07 Å². The van der Waals surface area contributed by atoms with E-state index in [-0.39, 0.29) is 0 Å². The average molecular weight is 338 g/mol. The van der Waals surface area contributed by atoms with Crippen LogP contribution in [0.5, 0.6) is 0 Å². The van der Waals surface area contributed by atoms with E-state index in [1.165, 1.54) is 31.3 Å². The van der Waals surface area contributed by atoms with Gasteiger partial charge in [-0.3, -0.25) is 4.79 Å². The Hall–Kier alpha value is -3.35. The Balaban J connectivity index is 1.81. The average Bonchev–Trinajstić information content (AvgIpc) is 2.62. The number of rotatable bonds is 4. The van der Waals surface area contributed by atoms with E-state index in [1.807, 2.05) is 30.3 Å². The zero-order chi connectivity index (χ0) is 17.8. The summed E-state index contributed by atoms with van der Waals surface area (Å²) in [6.45, 7) is 1.52. The van der Waals surface area contributed by atoms with Gasteiger partial charge >= 0.3 is 5.69 Å². The first-order chi connectivity index (χ1) is 12.0. The number of amides is 1. The molecular formula is C18H15FN4O2. The fraction of sp³-hybridized carbons (Fsp3) is 0.111. The predicted octanol–water partition coefficient (Wildman–Crippen LogP) is 2.64. The van der Waals surface area contributed by atoms with Crippen molar-refractivity contribution < 1.29 is 9.18 Å². The molecule has 7 heteroatoms. The highest BCUT2D eigenvalue weighted by Crippen LogP contribution is 2.14. The molecule has 2 aromatic carbocycles. The van der Waals surface area contributed by atoms with Gasteiger partial charge in [0.05, 0.1) is 11.9 Å². The normalized spacial score (nSPS) is 11.8. The number of hydrogen-bond acceptors (Lipinski definition) is 4. The van der Waals surface area contributed by atoms with Crippen molar-refractivity contribution in [2.24, 2.45) is 0 Å². The minimum Gasteiger partial charge on any atom is -0.324 e. The van der Waals surface area contributed by atoms with Gasteiger partial charge in [0.2, 0.25) is 5.91 Å². The highest BCUT2D eigenvalue weighted by molar-refractivity contribution is 5.93. The lowest BCUT2D eigenvalue weighted by atomic mass is 10.2. The SMILES string of the molecule is C[C@H](C(=O)Nc1cccc(F)c1)n1ncc(-c2ccccc2)nc1=O. The fourth-order valence-corrected chi connectivity index (χ4v) is 2.29. The molecule has 6 nitrogen and oxygen atoms in total. The van der Waals surface area contributed by atoms with Crippen molar-refractivity contribution in [1.82, 2.24) is 14.8 Å². The lowest BCUT2D eigenvalue weighted by Gasteiger charge is -2.13. The molecule has 126 valence electrons. The van der Waals surface area contributed by atoms with Gasteiger partial charge < -0.3 is 5.32 Å². The molecule has 0 unspecified atom stereocenters. The first-order valence-electron chi connectivity index (χ1n) is 7.62. The van der Waals surface area contributed by atoms with Crippen LogP contribution in [-0.2, 0) is 4.79 Å². The molecule has 3 rings (SSSR count). The molecule has 0 fully saturated rings. The lowest BCUT2D eigenvalue weighted by molar-refractivity contribution is -0.119. The Kier molecular flexibility index (Phi) is 4.65. The van der Waals surface area contributed by atoms with Crippen LogP contribution >= 0.6 is 0 Å². The van der Waals surface area contributed by atoms with Crippen LogP contribution in [0.3, 0.4) is 0 Å². The van der Waals surface area contributed by atoms with E-state index in [4.69, 9.17) is 0 Å². The molecule has 1 heterocycles. The van der Waals surface area contributed by atoms with Gasteiger partial charge in [0.25, 0.3) is 0 Å². The fourth-order valence-electron chi connectivity index (χ4n) is 2.29. The molecule has 1 amide bonds. The third kappa shape index (κ3) is 3.77. The summed E-state index contributed by atoms with van der Waals surface area (Å²) in [6.07, 6.45) is 1.43. The van der Waals surface area contributed by atoms with Crippen molar-refractivity contribution >= 4 is 11.6 Å². The summed E-state index contributed by atoms with van der Waals surface area (Å²) in [5.41, 5.74) is 0.859. The minimum absolute atomic E-state index is 0.304. The molecule has 1 aromatic heterocycles. The molecule has 1 atom stereocenters. The predicted molar refractivity (Wildman–Crippen MR) is 91.5 cm³/mol. The number of carbonyl (C=O) groups excluding carboxylic acids is 1. The number of hydrogen-bond donors (Lipinski definition) is 1. The summed E-state index contributed by atoms with van der Waals surface area (Å²) < 4.78 is 14.2. The van der Waals surface area contributed by atoms with E-state index >= 15 is 0 Å². The second kappa shape index (κ2) is 7.04. The summed E-state index contributed by atoms with van der Waals surface area (Å²) in [5.74, 6) is -0.955. The van der Waals surface area contributed by atoms with Gasteiger partial charge in [-0.15, -0.1) is 0 Å². The molecule has 0 spiro atoms. The maximum Gasteiger partial charge on any atom is 0.365 e. The molecule has 0 radical (unpaired) electrons. The zero-order valence-corrected chi connectivity index (χ0v) is 13.4. The number of anilines is 1. The van der Waals surface area contributed by atoms with Gasteiger partial charge in [-0.25, -0.2) is 13.9 Å². The molecule has 0 aliphatic heterocycles. The molecule has 25 heavy (non-hydrogen) atoms. The topological polar surface area (TPSA) is 76.9 Å². The highest BCUT2D eigenvalue weighted by atomic mass is 19.1. The second-order valence-corrected chi connectivity index (χ2v) is 5.41. The molecular weight excluding hydrogens is 323 g/mol. The number of benzene rings is 2. The molecule has 0 bridgehead atoms. The van der Waals surface area contributed by atoms with E-state index in [9.17, 15) is 14.0 Å². The van der Waals surface area contributed by atoms with Crippen LogP contribution in [0.4, 0.5) is 10.1 Å². The number of nitrogens with zero attached hydrogens (tertiary/aromatic N) is 3. The standard InChI is InChI=1S/C18H15FN4O2/c1-12(17(24)21-15-9-5-8-14(19)10-15)23-18(25)22-16(11-20-23)13-6-3-2-4-7-13/h2-12H,1H3,(H,21,24)/t12-/m1/s1. The number of halogens is 1. The van der Waals surface area contributed by atoms with Crippen LogP contribution in [0.1, 0.15) is 13.0 Å². The van der Waals surface area contributed by atoms with Crippen LogP contribution < -0.4 is 11.0 Å². The van der Waals surface area contributed by atoms with Crippen molar-refractivity contribution in [2.45, 2.75) is 13.0 Å². The van der Waals surface area contributed by atoms with Gasteiger partial charge in [0.1, 0.15) is 11.9 Å². The monoisotopic (exact) mass is 338 g/mol. The van der Waals surface area contributed by atoms with E-state index in [0.29, 0.717) is 11.4 Å². The smallest absolute Gasteiger partial charge is 0.324 e. The second-order valence-electron chi connectivity index (χ2n) is 5.41. The molecule has 0 saturated heterocycles. The van der Waals surface area contributed by atoms with Crippen molar-refractivity contribution in [3.63, 3.8) is 0 Å². The van der Waals surface area contributed by atoms with Crippen LogP contribution in [0.25, 0.3) is 11.3 Å². The molecule has 0 aliphatic rings. The molecule has 3 aromatic rings. The maximum atomic E-state index is 13.2. The summed E-state index contributed by atoms with van der Waals surface area (Å²) in [6, 6.07) is 13.8. The minimum atomic E-state index is -0.895. The Labute approximate surface area is 143 Å². The Morgan fingerprint density at radius 1 is 1.16 bits per heavy atom. The van der Waals surface area contributed by atoms with Gasteiger partial charge in [-0.2, -0.15) is 10.1 Å². The molecule has 1 N–H and O–H groups in total. The lowest BCUT2D eigenvalue weighted by Crippen LogP contribution is -2.34. The Bertz CT molecular complexity index is 957. The van der Waals surface area contributed by atoms with Crippen LogP contribution in [0.15, 0.2) is 65.6 Å². The quantitative estimate of drug-likeness (QED) is 0.793. The van der Waals surface area contributed by atoms with Crippen molar-refractivity contribution in [2.75, 3.05) is 5.32 Å². The summed E-state index contributed by atoms with van der Waals surface area (Å²) in [5, 5.41) is 6.59. The zero-order valence-electron chi connectivity index (χ0n) is 13.4. The first kappa shape index (κ1) is 16.5. The first-order valence-corrected chi connectivity index (χ1v) is 7.62. The van der Waals surface area contributed by atoms with Crippen LogP contribution in [-0.4, -0.2) is 20.7 Å². The number of nitrogens with one attached hydrogen (secondary N) is 1. The van der Waals surface area contributed by atoms with E-state index in [0.717, 1.165) is 10.2 Å². The summed E-state index contributed by atoms with van der Waals surface area (Å²) in [7, 11) is 0. The Morgan fingerprint density at radius 3 is 2.60 bits per heavy atom. The van der Waals surface area contributed by atoms with Gasteiger partial charge in [0.15, 0.2) is 0 Å².